The first-order chi connectivity index (χ1) is 10.3. The van der Waals surface area contributed by atoms with Gasteiger partial charge in [0.05, 0.1) is 12.2 Å². The second-order valence-electron chi connectivity index (χ2n) is 5.74. The third-order valence-electron chi connectivity index (χ3n) is 4.27. The van der Waals surface area contributed by atoms with Crippen molar-refractivity contribution in [2.24, 2.45) is 5.92 Å². The maximum atomic E-state index is 13.8. The van der Waals surface area contributed by atoms with Gasteiger partial charge in [0.1, 0.15) is 5.82 Å². The lowest BCUT2D eigenvalue weighted by molar-refractivity contribution is 0.0412. The van der Waals surface area contributed by atoms with Gasteiger partial charge in [-0.3, -0.25) is 0 Å². The van der Waals surface area contributed by atoms with Gasteiger partial charge in [0, 0.05) is 5.39 Å². The summed E-state index contributed by atoms with van der Waals surface area (Å²) in [6.07, 6.45) is 6.01. The molecule has 0 atom stereocenters. The summed E-state index contributed by atoms with van der Waals surface area (Å²) in [4.78, 5) is 12.3. The van der Waals surface area contributed by atoms with Crippen molar-refractivity contribution >= 4 is 16.7 Å². The average molecular weight is 286 g/mol. The number of hydrogen-bond donors (Lipinski definition) is 0. The molecule has 0 bridgehead atoms. The van der Waals surface area contributed by atoms with E-state index in [1.807, 2.05) is 0 Å². The molecule has 0 spiro atoms. The zero-order valence-corrected chi connectivity index (χ0v) is 12.0. The van der Waals surface area contributed by atoms with Gasteiger partial charge in [-0.05, 0) is 36.3 Å². The predicted octanol–water partition coefficient (Wildman–Crippen LogP) is 4.72. The van der Waals surface area contributed by atoms with Crippen LogP contribution in [0.25, 0.3) is 10.8 Å². The average Bonchev–Trinajstić information content (AvgIpc) is 2.54. The number of hydrogen-bond acceptors (Lipinski definition) is 2. The zero-order valence-electron chi connectivity index (χ0n) is 12.0. The Hall–Kier alpha value is -1.90. The molecule has 3 rings (SSSR count). The van der Waals surface area contributed by atoms with E-state index in [4.69, 9.17) is 4.74 Å². The third kappa shape index (κ3) is 3.07. The van der Waals surface area contributed by atoms with E-state index in [0.717, 1.165) is 12.8 Å². The molecule has 3 heteroatoms. The van der Waals surface area contributed by atoms with E-state index >= 15 is 0 Å². The summed E-state index contributed by atoms with van der Waals surface area (Å²) in [7, 11) is 0. The Labute approximate surface area is 123 Å². The molecule has 0 heterocycles. The van der Waals surface area contributed by atoms with Crippen molar-refractivity contribution in [3.8, 4) is 0 Å². The number of carbonyl (C=O) groups excluding carboxylic acids is 1. The predicted molar refractivity (Wildman–Crippen MR) is 80.8 cm³/mol. The molecular weight excluding hydrogens is 267 g/mol. The van der Waals surface area contributed by atoms with Crippen LogP contribution < -0.4 is 0 Å². The molecule has 0 radical (unpaired) electrons. The third-order valence-corrected chi connectivity index (χ3v) is 4.27. The van der Waals surface area contributed by atoms with Gasteiger partial charge in [-0.15, -0.1) is 0 Å². The molecule has 0 saturated heterocycles. The van der Waals surface area contributed by atoms with Crippen molar-refractivity contribution in [2.75, 3.05) is 6.61 Å². The second-order valence-corrected chi connectivity index (χ2v) is 5.74. The van der Waals surface area contributed by atoms with Crippen LogP contribution in [0.15, 0.2) is 36.4 Å². The summed E-state index contributed by atoms with van der Waals surface area (Å²) in [5.41, 5.74) is 0.447. The summed E-state index contributed by atoms with van der Waals surface area (Å²) in [6.45, 7) is 0.477. The highest BCUT2D eigenvalue weighted by molar-refractivity contribution is 6.04. The molecule has 0 unspecified atom stereocenters. The highest BCUT2D eigenvalue weighted by atomic mass is 19.1. The minimum atomic E-state index is -0.350. The Morgan fingerprint density at radius 3 is 2.52 bits per heavy atom. The van der Waals surface area contributed by atoms with E-state index in [9.17, 15) is 9.18 Å². The van der Waals surface area contributed by atoms with Gasteiger partial charge in [0.2, 0.25) is 0 Å². The number of benzene rings is 2. The minimum absolute atomic E-state index is 0.311. The van der Waals surface area contributed by atoms with Crippen LogP contribution in [0.4, 0.5) is 4.39 Å². The van der Waals surface area contributed by atoms with Crippen LogP contribution in [0, 0.1) is 11.7 Å². The number of esters is 1. The van der Waals surface area contributed by atoms with E-state index in [0.29, 0.717) is 28.9 Å². The molecule has 1 saturated carbocycles. The lowest BCUT2D eigenvalue weighted by atomic mass is 9.90. The van der Waals surface area contributed by atoms with Gasteiger partial charge in [0.15, 0.2) is 0 Å². The van der Waals surface area contributed by atoms with E-state index in [1.165, 1.54) is 31.4 Å². The second kappa shape index (κ2) is 6.25. The number of fused-ring (bicyclic) bond motifs is 1. The van der Waals surface area contributed by atoms with Crippen molar-refractivity contribution in [2.45, 2.75) is 32.1 Å². The van der Waals surface area contributed by atoms with Crippen molar-refractivity contribution in [3.63, 3.8) is 0 Å². The van der Waals surface area contributed by atoms with Gasteiger partial charge in [-0.2, -0.15) is 0 Å². The zero-order chi connectivity index (χ0) is 14.7. The minimum Gasteiger partial charge on any atom is -0.462 e. The van der Waals surface area contributed by atoms with Gasteiger partial charge in [0.25, 0.3) is 0 Å². The topological polar surface area (TPSA) is 26.3 Å². The Balaban J connectivity index is 1.77. The van der Waals surface area contributed by atoms with E-state index in [1.54, 1.807) is 24.3 Å². The monoisotopic (exact) mass is 286 g/mol. The fourth-order valence-corrected chi connectivity index (χ4v) is 3.07. The summed E-state index contributed by atoms with van der Waals surface area (Å²) >= 11 is 0. The molecule has 0 aliphatic heterocycles. The number of carbonyl (C=O) groups is 1. The molecule has 0 aromatic heterocycles. The van der Waals surface area contributed by atoms with Crippen LogP contribution >= 0.6 is 0 Å². The van der Waals surface area contributed by atoms with Crippen molar-refractivity contribution in [1.29, 1.82) is 0 Å². The first-order valence-corrected chi connectivity index (χ1v) is 7.60. The van der Waals surface area contributed by atoms with Crippen molar-refractivity contribution in [3.05, 3.63) is 47.8 Å². The van der Waals surface area contributed by atoms with E-state index in [-0.39, 0.29) is 11.8 Å². The molecule has 1 aliphatic rings. The maximum absolute atomic E-state index is 13.8. The number of halogens is 1. The lowest BCUT2D eigenvalue weighted by Crippen LogP contribution is -2.17. The van der Waals surface area contributed by atoms with E-state index < -0.39 is 0 Å². The molecule has 0 N–H and O–H groups in total. The number of ether oxygens (including phenoxy) is 1. The lowest BCUT2D eigenvalue weighted by Gasteiger charge is -2.21. The molecule has 2 aromatic carbocycles. The molecule has 1 aliphatic carbocycles. The van der Waals surface area contributed by atoms with Gasteiger partial charge >= 0.3 is 5.97 Å². The first kappa shape index (κ1) is 14.1. The largest absolute Gasteiger partial charge is 0.462 e. The van der Waals surface area contributed by atoms with Crippen molar-refractivity contribution < 1.29 is 13.9 Å². The molecule has 110 valence electrons. The van der Waals surface area contributed by atoms with Gasteiger partial charge < -0.3 is 4.74 Å². The Bertz CT molecular complexity index is 645. The Morgan fingerprint density at radius 2 is 1.76 bits per heavy atom. The molecule has 1 fully saturated rings. The fourth-order valence-electron chi connectivity index (χ4n) is 3.07. The number of rotatable bonds is 3. The Morgan fingerprint density at radius 1 is 1.05 bits per heavy atom. The standard InChI is InChI=1S/C18H19FO2/c19-17-11-10-16(14-8-4-5-9-15(14)17)18(20)21-12-13-6-2-1-3-7-13/h4-5,8-11,13H,1-3,6-7,12H2. The highest BCUT2D eigenvalue weighted by Crippen LogP contribution is 2.25. The maximum Gasteiger partial charge on any atom is 0.338 e. The highest BCUT2D eigenvalue weighted by Gasteiger charge is 2.18. The summed E-state index contributed by atoms with van der Waals surface area (Å²) in [5, 5.41) is 1.08. The molecule has 0 amide bonds. The summed E-state index contributed by atoms with van der Waals surface area (Å²) in [5.74, 6) is -0.180. The Kier molecular flexibility index (Phi) is 4.18. The summed E-state index contributed by atoms with van der Waals surface area (Å²) < 4.78 is 19.2. The fraction of sp³-hybridized carbons (Fsp3) is 0.389. The van der Waals surface area contributed by atoms with Crippen LogP contribution in [-0.4, -0.2) is 12.6 Å². The summed E-state index contributed by atoms with van der Waals surface area (Å²) in [6, 6.07) is 9.86. The molecule has 2 aromatic rings. The van der Waals surface area contributed by atoms with Gasteiger partial charge in [-0.25, -0.2) is 9.18 Å². The molecule has 21 heavy (non-hydrogen) atoms. The molecule has 2 nitrogen and oxygen atoms in total. The van der Waals surface area contributed by atoms with Crippen LogP contribution in [-0.2, 0) is 4.74 Å². The van der Waals surface area contributed by atoms with Crippen LogP contribution in [0.2, 0.25) is 0 Å². The van der Waals surface area contributed by atoms with E-state index in [2.05, 4.69) is 0 Å². The smallest absolute Gasteiger partial charge is 0.338 e. The van der Waals surface area contributed by atoms with Crippen LogP contribution in [0.1, 0.15) is 42.5 Å². The van der Waals surface area contributed by atoms with Crippen LogP contribution in [0.3, 0.4) is 0 Å². The quantitative estimate of drug-likeness (QED) is 0.763. The van der Waals surface area contributed by atoms with Gasteiger partial charge in [-0.1, -0.05) is 43.5 Å². The van der Waals surface area contributed by atoms with Crippen LogP contribution in [0.5, 0.6) is 0 Å². The van der Waals surface area contributed by atoms with Crippen molar-refractivity contribution in [1.82, 2.24) is 0 Å². The first-order valence-electron chi connectivity index (χ1n) is 7.60. The normalized spacial score (nSPS) is 16.0. The molecular formula is C18H19FO2. The SMILES string of the molecule is O=C(OCC1CCCCC1)c1ccc(F)c2ccccc12.